The second-order valence-electron chi connectivity index (χ2n) is 7.06. The molecule has 0 aliphatic heterocycles. The molecule has 6 nitrogen and oxygen atoms in total. The van der Waals surface area contributed by atoms with Crippen LogP contribution in [-0.4, -0.2) is 54.5 Å². The van der Waals surface area contributed by atoms with Crippen LogP contribution in [0.4, 0.5) is 0 Å². The average molecular weight is 349 g/mol. The molecule has 2 amide bonds. The number of carbonyl (C=O) groups excluding carboxylic acids is 2. The molecular formula is C19H31N3O3. The van der Waals surface area contributed by atoms with E-state index in [0.717, 1.165) is 24.1 Å². The summed E-state index contributed by atoms with van der Waals surface area (Å²) in [4.78, 5) is 26.3. The molecule has 0 spiro atoms. The fraction of sp³-hybridized carbons (Fsp3) is 0.579. The van der Waals surface area contributed by atoms with Gasteiger partial charge in [0.05, 0.1) is 6.61 Å². The van der Waals surface area contributed by atoms with E-state index in [9.17, 15) is 9.59 Å². The molecule has 25 heavy (non-hydrogen) atoms. The van der Waals surface area contributed by atoms with Crippen LogP contribution in [0.1, 0.15) is 37.8 Å². The van der Waals surface area contributed by atoms with E-state index in [-0.39, 0.29) is 18.4 Å². The molecule has 0 fully saturated rings. The van der Waals surface area contributed by atoms with Gasteiger partial charge in [0.25, 0.3) is 0 Å². The molecule has 0 heterocycles. The fourth-order valence-corrected chi connectivity index (χ4v) is 2.35. The summed E-state index contributed by atoms with van der Waals surface area (Å²) in [6.07, 6.45) is 1.87. The number of nitrogens with zero attached hydrogens (tertiary/aromatic N) is 1. The molecule has 0 radical (unpaired) electrons. The van der Waals surface area contributed by atoms with E-state index < -0.39 is 5.54 Å². The smallest absolute Gasteiger partial charge is 0.245 e. The Morgan fingerprint density at radius 1 is 1.12 bits per heavy atom. The van der Waals surface area contributed by atoms with E-state index >= 15 is 0 Å². The van der Waals surface area contributed by atoms with E-state index in [1.54, 1.807) is 13.8 Å². The zero-order valence-corrected chi connectivity index (χ0v) is 15.8. The first-order chi connectivity index (χ1) is 11.7. The van der Waals surface area contributed by atoms with Gasteiger partial charge in [-0.15, -0.1) is 0 Å². The molecule has 0 saturated carbocycles. The maximum absolute atomic E-state index is 12.2. The number of aliphatic hydroxyl groups is 1. The van der Waals surface area contributed by atoms with Crippen LogP contribution in [0.2, 0.25) is 0 Å². The quantitative estimate of drug-likeness (QED) is 0.590. The molecule has 0 aliphatic rings. The number of rotatable bonds is 10. The van der Waals surface area contributed by atoms with Crippen molar-refractivity contribution >= 4 is 11.8 Å². The second kappa shape index (κ2) is 10.2. The highest BCUT2D eigenvalue weighted by molar-refractivity contribution is 5.90. The number of hydrogen-bond donors (Lipinski definition) is 3. The van der Waals surface area contributed by atoms with E-state index in [4.69, 9.17) is 5.11 Å². The number of aliphatic hydroxyl groups excluding tert-OH is 1. The molecule has 3 N–H and O–H groups in total. The summed E-state index contributed by atoms with van der Waals surface area (Å²) in [7, 11) is 3.88. The lowest BCUT2D eigenvalue weighted by Gasteiger charge is -2.25. The zero-order valence-electron chi connectivity index (χ0n) is 15.8. The van der Waals surface area contributed by atoms with Crippen LogP contribution < -0.4 is 10.6 Å². The first-order valence-corrected chi connectivity index (χ1v) is 8.67. The Balaban J connectivity index is 2.34. The highest BCUT2D eigenvalue weighted by Crippen LogP contribution is 2.09. The lowest BCUT2D eigenvalue weighted by Crippen LogP contribution is -2.55. The monoisotopic (exact) mass is 349 g/mol. The Labute approximate surface area is 150 Å². The van der Waals surface area contributed by atoms with E-state index in [1.165, 1.54) is 0 Å². The van der Waals surface area contributed by atoms with Crippen LogP contribution in [0.3, 0.4) is 0 Å². The van der Waals surface area contributed by atoms with Gasteiger partial charge in [0.15, 0.2) is 0 Å². The standard InChI is InChI=1S/C19H31N3O3/c1-19(2,18(25)20-12-13-22(3)4)21-17(24)7-5-6-15-8-10-16(14-23)11-9-15/h8-11,23H,5-7,12-14H2,1-4H3,(H,20,25)(H,21,24). The van der Waals surface area contributed by atoms with Crippen LogP contribution >= 0.6 is 0 Å². The molecule has 1 rings (SSSR count). The summed E-state index contributed by atoms with van der Waals surface area (Å²) in [6.45, 7) is 4.77. The van der Waals surface area contributed by atoms with E-state index in [1.807, 2.05) is 43.3 Å². The van der Waals surface area contributed by atoms with Crippen molar-refractivity contribution in [1.82, 2.24) is 15.5 Å². The van der Waals surface area contributed by atoms with Crippen molar-refractivity contribution < 1.29 is 14.7 Å². The number of likely N-dealkylation sites (N-methyl/N-ethyl adjacent to an activating group) is 1. The number of nitrogens with one attached hydrogen (secondary N) is 2. The summed E-state index contributed by atoms with van der Waals surface area (Å²) >= 11 is 0. The topological polar surface area (TPSA) is 81.7 Å². The number of aryl methyl sites for hydroxylation is 1. The van der Waals surface area contributed by atoms with Crippen molar-refractivity contribution in [2.45, 2.75) is 45.3 Å². The molecular weight excluding hydrogens is 318 g/mol. The SMILES string of the molecule is CN(C)CCNC(=O)C(C)(C)NC(=O)CCCc1ccc(CO)cc1. The number of amides is 2. The number of hydrogen-bond acceptors (Lipinski definition) is 4. The van der Waals surface area contributed by atoms with Gasteiger partial charge in [-0.1, -0.05) is 24.3 Å². The van der Waals surface area contributed by atoms with Gasteiger partial charge in [-0.3, -0.25) is 9.59 Å². The molecule has 0 aliphatic carbocycles. The van der Waals surface area contributed by atoms with Crippen molar-refractivity contribution in [3.8, 4) is 0 Å². The van der Waals surface area contributed by atoms with Gasteiger partial charge < -0.3 is 20.6 Å². The van der Waals surface area contributed by atoms with Crippen molar-refractivity contribution in [3.63, 3.8) is 0 Å². The fourth-order valence-electron chi connectivity index (χ4n) is 2.35. The maximum Gasteiger partial charge on any atom is 0.245 e. The summed E-state index contributed by atoms with van der Waals surface area (Å²) in [5.74, 6) is -0.304. The van der Waals surface area contributed by atoms with E-state index in [0.29, 0.717) is 19.4 Å². The molecule has 6 heteroatoms. The Bertz CT molecular complexity index is 554. The summed E-state index contributed by atoms with van der Waals surface area (Å²) < 4.78 is 0. The summed E-state index contributed by atoms with van der Waals surface area (Å²) in [5, 5.41) is 14.7. The van der Waals surface area contributed by atoms with Crippen molar-refractivity contribution in [1.29, 1.82) is 0 Å². The van der Waals surface area contributed by atoms with Crippen LogP contribution in [0, 0.1) is 0 Å². The molecule has 0 unspecified atom stereocenters. The molecule has 0 atom stereocenters. The minimum atomic E-state index is -0.924. The predicted octanol–water partition coefficient (Wildman–Crippen LogP) is 1.07. The second-order valence-corrected chi connectivity index (χ2v) is 7.06. The van der Waals surface area contributed by atoms with Gasteiger partial charge >= 0.3 is 0 Å². The van der Waals surface area contributed by atoms with Crippen LogP contribution in [0.15, 0.2) is 24.3 Å². The third kappa shape index (κ3) is 8.14. The molecule has 1 aromatic carbocycles. The van der Waals surface area contributed by atoms with Crippen LogP contribution in [0.25, 0.3) is 0 Å². The highest BCUT2D eigenvalue weighted by Gasteiger charge is 2.28. The third-order valence-corrected chi connectivity index (χ3v) is 3.94. The van der Waals surface area contributed by atoms with Gasteiger partial charge in [0.1, 0.15) is 5.54 Å². The lowest BCUT2D eigenvalue weighted by molar-refractivity contribution is -0.132. The predicted molar refractivity (Wildman–Crippen MR) is 99.1 cm³/mol. The van der Waals surface area contributed by atoms with E-state index in [2.05, 4.69) is 10.6 Å². The van der Waals surface area contributed by atoms with Crippen molar-refractivity contribution in [2.75, 3.05) is 27.2 Å². The molecule has 1 aromatic rings. The molecule has 0 saturated heterocycles. The minimum absolute atomic E-state index is 0.0361. The van der Waals surface area contributed by atoms with Gasteiger partial charge in [-0.2, -0.15) is 0 Å². The summed E-state index contributed by atoms with van der Waals surface area (Å²) in [5.41, 5.74) is 1.08. The summed E-state index contributed by atoms with van der Waals surface area (Å²) in [6, 6.07) is 7.70. The number of benzene rings is 1. The number of carbonyl (C=O) groups is 2. The Kier molecular flexibility index (Phi) is 8.58. The van der Waals surface area contributed by atoms with Gasteiger partial charge in [-0.05, 0) is 51.9 Å². The molecule has 140 valence electrons. The minimum Gasteiger partial charge on any atom is -0.392 e. The normalized spacial score (nSPS) is 11.4. The average Bonchev–Trinajstić information content (AvgIpc) is 2.54. The van der Waals surface area contributed by atoms with Crippen molar-refractivity contribution in [3.05, 3.63) is 35.4 Å². The van der Waals surface area contributed by atoms with Gasteiger partial charge in [0.2, 0.25) is 11.8 Å². The first-order valence-electron chi connectivity index (χ1n) is 8.67. The van der Waals surface area contributed by atoms with Crippen molar-refractivity contribution in [2.24, 2.45) is 0 Å². The van der Waals surface area contributed by atoms with Gasteiger partial charge in [0, 0.05) is 19.5 Å². The molecule has 0 aromatic heterocycles. The Morgan fingerprint density at radius 2 is 1.72 bits per heavy atom. The van der Waals surface area contributed by atoms with Gasteiger partial charge in [-0.25, -0.2) is 0 Å². The highest BCUT2D eigenvalue weighted by atomic mass is 16.3. The third-order valence-electron chi connectivity index (χ3n) is 3.94. The first kappa shape index (κ1) is 21.1. The Hall–Kier alpha value is -1.92. The largest absolute Gasteiger partial charge is 0.392 e. The zero-order chi connectivity index (χ0) is 18.9. The van der Waals surface area contributed by atoms with Crippen LogP contribution in [0.5, 0.6) is 0 Å². The Morgan fingerprint density at radius 3 is 2.28 bits per heavy atom. The lowest BCUT2D eigenvalue weighted by atomic mass is 10.0. The molecule has 0 bridgehead atoms. The maximum atomic E-state index is 12.2. The van der Waals surface area contributed by atoms with Crippen LogP contribution in [-0.2, 0) is 22.6 Å².